The van der Waals surface area contributed by atoms with Gasteiger partial charge in [-0.3, -0.25) is 9.59 Å². The second kappa shape index (κ2) is 6.89. The summed E-state index contributed by atoms with van der Waals surface area (Å²) in [6, 6.07) is 5.97. The first kappa shape index (κ1) is 19.2. The van der Waals surface area contributed by atoms with E-state index in [0.29, 0.717) is 31.9 Å². The van der Waals surface area contributed by atoms with E-state index in [1.807, 2.05) is 30.0 Å². The summed E-state index contributed by atoms with van der Waals surface area (Å²) < 4.78 is 11.4. The number of carbonyl (C=O) groups is 2. The number of aromatic nitrogens is 1. The van der Waals surface area contributed by atoms with Crippen molar-refractivity contribution in [3.63, 3.8) is 0 Å². The molecule has 0 spiro atoms. The second-order valence-corrected chi connectivity index (χ2v) is 9.48. The molecule has 1 fully saturated rings. The third kappa shape index (κ3) is 3.09. The molecule has 1 unspecified atom stereocenters. The summed E-state index contributed by atoms with van der Waals surface area (Å²) in [5, 5.41) is 0. The summed E-state index contributed by atoms with van der Waals surface area (Å²) in [5.74, 6) is 1.62. The van der Waals surface area contributed by atoms with Crippen LogP contribution in [-0.2, 0) is 6.42 Å². The van der Waals surface area contributed by atoms with Crippen molar-refractivity contribution in [1.82, 2.24) is 9.88 Å². The molecule has 0 radical (unpaired) electrons. The molecule has 1 saturated heterocycles. The molecule has 0 bridgehead atoms. The van der Waals surface area contributed by atoms with Gasteiger partial charge in [0.25, 0.3) is 5.91 Å². The molecule has 1 aromatic carbocycles. The quantitative estimate of drug-likeness (QED) is 0.807. The van der Waals surface area contributed by atoms with Gasteiger partial charge in [0.05, 0.1) is 6.04 Å². The number of hydrogen-bond donors (Lipinski definition) is 1. The second-order valence-electron chi connectivity index (χ2n) is 9.48. The number of rotatable bonds is 2. The lowest BCUT2D eigenvalue weighted by Crippen LogP contribution is -2.31. The first-order valence-electron chi connectivity index (χ1n) is 10.8. The molecule has 1 aliphatic carbocycles. The fraction of sp³-hybridized carbons (Fsp3) is 0.500. The number of fused-ring (bicyclic) bond motifs is 2. The first-order valence-corrected chi connectivity index (χ1v) is 10.8. The van der Waals surface area contributed by atoms with Crippen molar-refractivity contribution in [3.8, 4) is 11.5 Å². The highest BCUT2D eigenvalue weighted by atomic mass is 16.6. The maximum atomic E-state index is 13.6. The average molecular weight is 408 g/mol. The number of amides is 1. The van der Waals surface area contributed by atoms with Crippen molar-refractivity contribution in [1.29, 1.82) is 0 Å². The van der Waals surface area contributed by atoms with Crippen molar-refractivity contribution >= 4 is 11.7 Å². The molecule has 3 aliphatic rings. The third-order valence-electron chi connectivity index (χ3n) is 6.58. The zero-order chi connectivity index (χ0) is 21.0. The molecule has 3 heterocycles. The summed E-state index contributed by atoms with van der Waals surface area (Å²) in [6.07, 6.45) is 3.18. The Morgan fingerprint density at radius 2 is 1.93 bits per heavy atom. The zero-order valence-corrected chi connectivity index (χ0v) is 17.8. The van der Waals surface area contributed by atoms with Gasteiger partial charge < -0.3 is 19.4 Å². The summed E-state index contributed by atoms with van der Waals surface area (Å²) >= 11 is 0. The summed E-state index contributed by atoms with van der Waals surface area (Å²) in [6.45, 7) is 7.91. The lowest BCUT2D eigenvalue weighted by molar-refractivity contribution is 0.0728. The minimum Gasteiger partial charge on any atom is -0.486 e. The number of ether oxygens (including phenoxy) is 2. The van der Waals surface area contributed by atoms with Crippen molar-refractivity contribution in [2.45, 2.75) is 52.5 Å². The molecule has 1 atom stereocenters. The Labute approximate surface area is 176 Å². The van der Waals surface area contributed by atoms with Gasteiger partial charge in [0.15, 0.2) is 17.3 Å². The summed E-state index contributed by atoms with van der Waals surface area (Å²) in [4.78, 5) is 31.5. The Morgan fingerprint density at radius 3 is 2.73 bits per heavy atom. The van der Waals surface area contributed by atoms with Gasteiger partial charge in [-0.1, -0.05) is 19.9 Å². The van der Waals surface area contributed by atoms with Gasteiger partial charge in [-0.05, 0) is 54.9 Å². The molecule has 1 amide bonds. The highest BCUT2D eigenvalue weighted by Crippen LogP contribution is 2.40. The van der Waals surface area contributed by atoms with Crippen molar-refractivity contribution in [2.24, 2.45) is 5.41 Å². The fourth-order valence-electron chi connectivity index (χ4n) is 5.21. The monoisotopic (exact) mass is 408 g/mol. The molecule has 2 aliphatic heterocycles. The molecular formula is C24H28N2O4. The van der Waals surface area contributed by atoms with Gasteiger partial charge in [-0.2, -0.15) is 0 Å². The number of nitrogens with zero attached hydrogens (tertiary/aromatic N) is 1. The van der Waals surface area contributed by atoms with Gasteiger partial charge in [0.2, 0.25) is 0 Å². The van der Waals surface area contributed by atoms with Crippen LogP contribution in [0.4, 0.5) is 0 Å². The van der Waals surface area contributed by atoms with Gasteiger partial charge >= 0.3 is 0 Å². The lowest BCUT2D eigenvalue weighted by atomic mass is 9.75. The fourth-order valence-corrected chi connectivity index (χ4v) is 5.21. The van der Waals surface area contributed by atoms with Crippen LogP contribution in [0.2, 0.25) is 0 Å². The topological polar surface area (TPSA) is 71.6 Å². The number of hydrogen-bond acceptors (Lipinski definition) is 4. The number of H-pyrrole nitrogens is 1. The molecular weight excluding hydrogens is 380 g/mol. The molecule has 30 heavy (non-hydrogen) atoms. The number of benzene rings is 1. The van der Waals surface area contributed by atoms with Crippen LogP contribution in [0.25, 0.3) is 0 Å². The maximum absolute atomic E-state index is 13.6. The Morgan fingerprint density at radius 1 is 1.17 bits per heavy atom. The molecule has 1 N–H and O–H groups in total. The van der Waals surface area contributed by atoms with Crippen LogP contribution in [0, 0.1) is 12.3 Å². The first-order chi connectivity index (χ1) is 14.3. The molecule has 5 rings (SSSR count). The average Bonchev–Trinajstić information content (AvgIpc) is 3.31. The van der Waals surface area contributed by atoms with E-state index in [-0.39, 0.29) is 23.1 Å². The molecule has 6 heteroatoms. The Hall–Kier alpha value is -2.76. The van der Waals surface area contributed by atoms with Crippen LogP contribution in [0.5, 0.6) is 11.5 Å². The number of likely N-dealkylation sites (tertiary alicyclic amines) is 1. The van der Waals surface area contributed by atoms with E-state index in [1.54, 1.807) is 0 Å². The van der Waals surface area contributed by atoms with E-state index in [1.165, 1.54) is 0 Å². The van der Waals surface area contributed by atoms with Crippen LogP contribution in [0.15, 0.2) is 18.2 Å². The third-order valence-corrected chi connectivity index (χ3v) is 6.58. The molecule has 1 aromatic heterocycles. The van der Waals surface area contributed by atoms with E-state index in [4.69, 9.17) is 9.47 Å². The van der Waals surface area contributed by atoms with E-state index < -0.39 is 0 Å². The van der Waals surface area contributed by atoms with Crippen molar-refractivity contribution < 1.29 is 19.1 Å². The predicted molar refractivity (Wildman–Crippen MR) is 112 cm³/mol. The van der Waals surface area contributed by atoms with Crippen LogP contribution in [-0.4, -0.2) is 41.3 Å². The predicted octanol–water partition coefficient (Wildman–Crippen LogP) is 4.23. The molecule has 0 saturated carbocycles. The largest absolute Gasteiger partial charge is 0.486 e. The van der Waals surface area contributed by atoms with E-state index >= 15 is 0 Å². The van der Waals surface area contributed by atoms with E-state index in [2.05, 4.69) is 18.8 Å². The summed E-state index contributed by atoms with van der Waals surface area (Å²) in [5.41, 5.74) is 3.98. The Bertz CT molecular complexity index is 1040. The van der Waals surface area contributed by atoms with E-state index in [9.17, 15) is 9.59 Å². The van der Waals surface area contributed by atoms with Crippen LogP contribution < -0.4 is 9.47 Å². The maximum Gasteiger partial charge on any atom is 0.271 e. The Kier molecular flexibility index (Phi) is 4.42. The van der Waals surface area contributed by atoms with Crippen LogP contribution >= 0.6 is 0 Å². The Balaban J connectivity index is 1.46. The number of Topliss-reactive ketones (excluding diaryl/α,β-unsaturated/α-hetero) is 1. The zero-order valence-electron chi connectivity index (χ0n) is 17.8. The van der Waals surface area contributed by atoms with Gasteiger partial charge in [0, 0.05) is 24.2 Å². The highest BCUT2D eigenvalue weighted by molar-refractivity contribution is 6.04. The van der Waals surface area contributed by atoms with Gasteiger partial charge in [0.1, 0.15) is 18.9 Å². The minimum atomic E-state index is -0.0803. The van der Waals surface area contributed by atoms with Crippen LogP contribution in [0.1, 0.15) is 76.8 Å². The lowest BCUT2D eigenvalue weighted by Gasteiger charge is -2.28. The number of aromatic amines is 1. The van der Waals surface area contributed by atoms with Gasteiger partial charge in [-0.15, -0.1) is 0 Å². The molecule has 6 nitrogen and oxygen atoms in total. The smallest absolute Gasteiger partial charge is 0.271 e. The molecule has 2 aromatic rings. The number of carbonyl (C=O) groups excluding carboxylic acids is 2. The van der Waals surface area contributed by atoms with E-state index in [0.717, 1.165) is 53.1 Å². The number of nitrogens with one attached hydrogen (secondary N) is 1. The molecule has 158 valence electrons. The SMILES string of the molecule is Cc1c(C(=O)N2CCCC2c2ccc3c(c2)OCCO3)[nH]c2c1C(=O)CC(C)(C)C2. The minimum absolute atomic E-state index is 0.000182. The summed E-state index contributed by atoms with van der Waals surface area (Å²) in [7, 11) is 0. The van der Waals surface area contributed by atoms with Crippen molar-refractivity contribution in [3.05, 3.63) is 46.3 Å². The van der Waals surface area contributed by atoms with Crippen molar-refractivity contribution in [2.75, 3.05) is 19.8 Å². The highest BCUT2D eigenvalue weighted by Gasteiger charge is 2.38. The standard InChI is InChI=1S/C24H28N2O4/c1-14-21-16(12-24(2,3)13-18(21)27)25-22(14)23(28)26-8-4-5-17(26)15-6-7-19-20(11-15)30-10-9-29-19/h6-7,11,17,25H,4-5,8-10,12-13H2,1-3H3. The normalized spacial score (nSPS) is 22.2. The van der Waals surface area contributed by atoms with Crippen LogP contribution in [0.3, 0.4) is 0 Å². The van der Waals surface area contributed by atoms with Gasteiger partial charge in [-0.25, -0.2) is 0 Å². The number of ketones is 1.